The number of nitrogens with zero attached hydrogens (tertiary/aromatic N) is 1. The van der Waals surface area contributed by atoms with Gasteiger partial charge in [-0.3, -0.25) is 0 Å². The van der Waals surface area contributed by atoms with Crippen molar-refractivity contribution in [3.8, 4) is 0 Å². The Morgan fingerprint density at radius 1 is 1.36 bits per heavy atom. The number of anilines is 1. The Balaban J connectivity index is 2.92. The molecule has 2 aromatic rings. The van der Waals surface area contributed by atoms with E-state index in [1.807, 2.05) is 12.1 Å². The minimum Gasteiger partial charge on any atom is -0.587 e. The summed E-state index contributed by atoms with van der Waals surface area (Å²) in [6.45, 7) is 0. The fourth-order valence-corrected chi connectivity index (χ4v) is 1.89. The number of hydrogen-bond donors (Lipinski definition) is 1. The summed E-state index contributed by atoms with van der Waals surface area (Å²) in [6.07, 6.45) is 0. The van der Waals surface area contributed by atoms with Crippen molar-refractivity contribution in [1.29, 1.82) is 0 Å². The van der Waals surface area contributed by atoms with Crippen LogP contribution >= 0.6 is 10.8 Å². The molecule has 56 valence electrons. The smallest absolute Gasteiger partial charge is 0.337 e. The van der Waals surface area contributed by atoms with Gasteiger partial charge in [-0.25, -0.2) is 0 Å². The van der Waals surface area contributed by atoms with E-state index in [1.165, 1.54) is 0 Å². The van der Waals surface area contributed by atoms with E-state index in [0.29, 0.717) is 4.70 Å². The van der Waals surface area contributed by atoms with Crippen LogP contribution < -0.4 is 5.73 Å². The SMILES string of the molecule is Nc1nc2ccccc2[s+]1[O-]. The minimum absolute atomic E-state index is 0.200. The van der Waals surface area contributed by atoms with Crippen LogP contribution in [0.3, 0.4) is 0 Å². The van der Waals surface area contributed by atoms with Gasteiger partial charge >= 0.3 is 5.13 Å². The Bertz CT molecular complexity index is 396. The molecule has 1 aromatic carbocycles. The normalized spacial score (nSPS) is 12.3. The van der Waals surface area contributed by atoms with Crippen LogP contribution in [-0.2, 0) is 0 Å². The summed E-state index contributed by atoms with van der Waals surface area (Å²) < 4.78 is 12.0. The summed E-state index contributed by atoms with van der Waals surface area (Å²) in [4.78, 5) is 3.93. The molecule has 3 nitrogen and oxygen atoms in total. The first-order valence-electron chi connectivity index (χ1n) is 3.14. The molecule has 0 aliphatic heterocycles. The Hall–Kier alpha value is -1.13. The second-order valence-electron chi connectivity index (χ2n) is 2.19. The van der Waals surface area contributed by atoms with E-state index in [1.54, 1.807) is 12.1 Å². The number of nitrogens with two attached hydrogens (primary N) is 1. The van der Waals surface area contributed by atoms with Crippen molar-refractivity contribution in [1.82, 2.24) is 4.98 Å². The van der Waals surface area contributed by atoms with E-state index >= 15 is 0 Å². The minimum atomic E-state index is -1.21. The van der Waals surface area contributed by atoms with Crippen LogP contribution in [0.1, 0.15) is 0 Å². The van der Waals surface area contributed by atoms with Crippen LogP contribution in [0.5, 0.6) is 0 Å². The van der Waals surface area contributed by atoms with Crippen molar-refractivity contribution in [2.24, 2.45) is 0 Å². The van der Waals surface area contributed by atoms with E-state index in [0.717, 1.165) is 5.52 Å². The standard InChI is InChI=1S/C7H6N2OS/c8-7-9-5-3-1-2-4-6(5)11(7)10/h1-4H,(H2,8,9). The number of hydrogen-bond acceptors (Lipinski definition) is 3. The molecule has 0 spiro atoms. The van der Waals surface area contributed by atoms with E-state index in [-0.39, 0.29) is 5.13 Å². The zero-order chi connectivity index (χ0) is 7.84. The van der Waals surface area contributed by atoms with Crippen molar-refractivity contribution >= 4 is 26.1 Å². The van der Waals surface area contributed by atoms with Crippen LogP contribution in [0.4, 0.5) is 5.13 Å². The van der Waals surface area contributed by atoms with Gasteiger partial charge in [-0.1, -0.05) is 12.1 Å². The first-order chi connectivity index (χ1) is 5.29. The molecule has 0 saturated carbocycles. The number of fused-ring (bicyclic) bond motifs is 1. The molecule has 0 radical (unpaired) electrons. The lowest BCUT2D eigenvalue weighted by molar-refractivity contribution is 0.600. The third-order valence-corrected chi connectivity index (χ3v) is 2.70. The molecule has 2 rings (SSSR count). The van der Waals surface area contributed by atoms with Crippen LogP contribution in [0.15, 0.2) is 24.3 Å². The predicted octanol–water partition coefficient (Wildman–Crippen LogP) is 1.54. The lowest BCUT2D eigenvalue weighted by atomic mass is 10.3. The van der Waals surface area contributed by atoms with E-state index in [2.05, 4.69) is 4.98 Å². The molecule has 0 saturated heterocycles. The molecule has 1 unspecified atom stereocenters. The van der Waals surface area contributed by atoms with Gasteiger partial charge in [0.1, 0.15) is 5.52 Å². The van der Waals surface area contributed by atoms with E-state index in [9.17, 15) is 4.55 Å². The molecule has 0 aliphatic rings. The summed E-state index contributed by atoms with van der Waals surface area (Å²) >= 11 is 0. The second-order valence-corrected chi connectivity index (χ2v) is 3.58. The third-order valence-electron chi connectivity index (χ3n) is 1.49. The van der Waals surface area contributed by atoms with E-state index < -0.39 is 10.8 Å². The van der Waals surface area contributed by atoms with Gasteiger partial charge in [0.25, 0.3) is 0 Å². The van der Waals surface area contributed by atoms with E-state index in [4.69, 9.17) is 5.73 Å². The Morgan fingerprint density at radius 2 is 2.09 bits per heavy atom. The molecule has 2 N–H and O–H groups in total. The van der Waals surface area contributed by atoms with Gasteiger partial charge in [-0.05, 0) is 16.8 Å². The van der Waals surface area contributed by atoms with Gasteiger partial charge in [0.2, 0.25) is 4.70 Å². The average molecular weight is 166 g/mol. The monoisotopic (exact) mass is 166 g/mol. The first kappa shape index (κ1) is 6.57. The third kappa shape index (κ3) is 0.875. The van der Waals surface area contributed by atoms with Gasteiger partial charge in [0, 0.05) is 6.07 Å². The van der Waals surface area contributed by atoms with Gasteiger partial charge in [-0.15, -0.1) is 0 Å². The molecule has 1 aromatic heterocycles. The van der Waals surface area contributed by atoms with Crippen LogP contribution in [0.25, 0.3) is 10.2 Å². The van der Waals surface area contributed by atoms with Crippen LogP contribution in [0.2, 0.25) is 0 Å². The molecule has 11 heavy (non-hydrogen) atoms. The van der Waals surface area contributed by atoms with Crippen molar-refractivity contribution in [3.63, 3.8) is 0 Å². The maximum Gasteiger partial charge on any atom is 0.337 e. The number of aromatic nitrogens is 1. The summed E-state index contributed by atoms with van der Waals surface area (Å²) in [6, 6.07) is 7.24. The van der Waals surface area contributed by atoms with Crippen LogP contribution in [-0.4, -0.2) is 9.54 Å². The highest BCUT2D eigenvalue weighted by Crippen LogP contribution is 2.31. The molecule has 1 atom stereocenters. The summed E-state index contributed by atoms with van der Waals surface area (Å²) in [7, 11) is -1.21. The largest absolute Gasteiger partial charge is 0.587 e. The average Bonchev–Trinajstić information content (AvgIpc) is 2.30. The Labute approximate surface area is 66.3 Å². The highest BCUT2D eigenvalue weighted by Gasteiger charge is 2.10. The summed E-state index contributed by atoms with van der Waals surface area (Å²) in [5.74, 6) is 0. The molecule has 4 heteroatoms. The fourth-order valence-electron chi connectivity index (χ4n) is 0.979. The molecule has 0 amide bonds. The van der Waals surface area contributed by atoms with Crippen molar-refractivity contribution in [3.05, 3.63) is 24.3 Å². The number of benzene rings is 1. The Morgan fingerprint density at radius 3 is 2.82 bits per heavy atom. The molecular weight excluding hydrogens is 160 g/mol. The topological polar surface area (TPSA) is 62.0 Å². The van der Waals surface area contributed by atoms with Crippen molar-refractivity contribution < 1.29 is 4.55 Å². The summed E-state index contributed by atoms with van der Waals surface area (Å²) in [5.41, 5.74) is 6.10. The number of para-hydroxylation sites is 1. The van der Waals surface area contributed by atoms with Gasteiger partial charge in [-0.2, -0.15) is 4.98 Å². The van der Waals surface area contributed by atoms with Gasteiger partial charge in [0.05, 0.1) is 0 Å². The lowest BCUT2D eigenvalue weighted by Crippen LogP contribution is -1.81. The number of rotatable bonds is 0. The van der Waals surface area contributed by atoms with Crippen molar-refractivity contribution in [2.75, 3.05) is 5.73 Å². The molecule has 0 bridgehead atoms. The highest BCUT2D eigenvalue weighted by molar-refractivity contribution is 7.34. The maximum absolute atomic E-state index is 11.3. The molecule has 1 heterocycles. The first-order valence-corrected chi connectivity index (χ1v) is 4.29. The fraction of sp³-hybridized carbons (Fsp3) is 0. The zero-order valence-corrected chi connectivity index (χ0v) is 6.47. The maximum atomic E-state index is 11.3. The quantitative estimate of drug-likeness (QED) is 0.604. The second kappa shape index (κ2) is 2.18. The zero-order valence-electron chi connectivity index (χ0n) is 5.65. The number of thiazole rings is 1. The Kier molecular flexibility index (Phi) is 1.30. The molecule has 0 aliphatic carbocycles. The number of nitrogen functional groups attached to an aromatic ring is 1. The molecular formula is C7H6N2OS. The van der Waals surface area contributed by atoms with Crippen molar-refractivity contribution in [2.45, 2.75) is 0 Å². The molecule has 0 fully saturated rings. The predicted molar refractivity (Wildman–Crippen MR) is 44.8 cm³/mol. The highest BCUT2D eigenvalue weighted by atomic mass is 32.2. The van der Waals surface area contributed by atoms with Gasteiger partial charge in [0.15, 0.2) is 0 Å². The lowest BCUT2D eigenvalue weighted by Gasteiger charge is -1.86. The van der Waals surface area contributed by atoms with Crippen LogP contribution in [0, 0.1) is 0 Å². The summed E-state index contributed by atoms with van der Waals surface area (Å²) in [5, 5.41) is 0.200. The van der Waals surface area contributed by atoms with Gasteiger partial charge < -0.3 is 10.3 Å².